The highest BCUT2D eigenvalue weighted by molar-refractivity contribution is 5.79. The number of nitrogens with two attached hydrogens (primary N) is 1. The Morgan fingerprint density at radius 1 is 1.19 bits per heavy atom. The van der Waals surface area contributed by atoms with Crippen LogP contribution in [0.25, 0.3) is 22.4 Å². The average Bonchev–Trinajstić information content (AvgIpc) is 3.09. The highest BCUT2D eigenvalue weighted by atomic mass is 15.3. The van der Waals surface area contributed by atoms with Gasteiger partial charge in [0.1, 0.15) is 0 Å². The summed E-state index contributed by atoms with van der Waals surface area (Å²) in [5.41, 5.74) is 9.63. The maximum Gasteiger partial charge on any atom is 0.238 e. The van der Waals surface area contributed by atoms with Gasteiger partial charge in [0.05, 0.1) is 17.9 Å². The Morgan fingerprint density at radius 2 is 2.05 bits per heavy atom. The average molecular weight is 281 g/mol. The third-order valence-corrected chi connectivity index (χ3v) is 3.55. The van der Waals surface area contributed by atoms with Crippen LogP contribution in [0.2, 0.25) is 0 Å². The highest BCUT2D eigenvalue weighted by Gasteiger charge is 2.10. The van der Waals surface area contributed by atoms with Crippen LogP contribution in [-0.4, -0.2) is 29.0 Å². The first-order valence-electron chi connectivity index (χ1n) is 6.68. The Balaban J connectivity index is 0.00000144. The summed E-state index contributed by atoms with van der Waals surface area (Å²) >= 11 is 0. The van der Waals surface area contributed by atoms with Crippen LogP contribution < -0.4 is 5.73 Å². The van der Waals surface area contributed by atoms with E-state index in [-0.39, 0.29) is 7.37 Å². The number of rotatable bonds is 2. The van der Waals surface area contributed by atoms with Crippen molar-refractivity contribution in [1.29, 1.82) is 0 Å². The second kappa shape index (κ2) is 4.27. The lowest BCUT2D eigenvalue weighted by Gasteiger charge is -2.03. The molecule has 4 heterocycles. The number of hydrogen-bond acceptors (Lipinski definition) is 5. The first kappa shape index (κ1) is 11.8. The van der Waals surface area contributed by atoms with E-state index in [0.29, 0.717) is 5.78 Å². The minimum Gasteiger partial charge on any atom is -0.367 e. The van der Waals surface area contributed by atoms with Gasteiger partial charge in [0.25, 0.3) is 0 Å². The van der Waals surface area contributed by atoms with Crippen LogP contribution in [0.5, 0.6) is 0 Å². The largest absolute Gasteiger partial charge is 0.367 e. The molecular formula is C14H15N7. The van der Waals surface area contributed by atoms with Crippen molar-refractivity contribution < 1.29 is 1.43 Å². The third kappa shape index (κ3) is 1.74. The first-order chi connectivity index (χ1) is 10.3. The number of imidazole rings is 1. The minimum atomic E-state index is 0. The fraction of sp³-hybridized carbons (Fsp3) is 0.143. The fourth-order valence-electron chi connectivity index (χ4n) is 2.48. The molecule has 106 valence electrons. The summed E-state index contributed by atoms with van der Waals surface area (Å²) in [7, 11) is 0. The van der Waals surface area contributed by atoms with Crippen LogP contribution in [0.3, 0.4) is 0 Å². The lowest BCUT2D eigenvalue weighted by Crippen LogP contribution is -1.99. The molecule has 2 N–H and O–H groups in total. The van der Waals surface area contributed by atoms with Gasteiger partial charge in [-0.05, 0) is 12.5 Å². The van der Waals surface area contributed by atoms with Crippen molar-refractivity contribution in [2.45, 2.75) is 13.3 Å². The summed E-state index contributed by atoms with van der Waals surface area (Å²) < 4.78 is 3.73. The molecule has 0 saturated carbocycles. The van der Waals surface area contributed by atoms with Gasteiger partial charge in [-0.15, -0.1) is 5.10 Å². The molecule has 7 heteroatoms. The minimum absolute atomic E-state index is 0. The van der Waals surface area contributed by atoms with Gasteiger partial charge in [-0.1, -0.05) is 6.92 Å². The molecule has 0 unspecified atom stereocenters. The van der Waals surface area contributed by atoms with E-state index >= 15 is 0 Å². The van der Waals surface area contributed by atoms with Gasteiger partial charge >= 0.3 is 0 Å². The van der Waals surface area contributed by atoms with E-state index in [0.717, 1.165) is 28.8 Å². The number of anilines is 1. The van der Waals surface area contributed by atoms with Gasteiger partial charge in [0.15, 0.2) is 0 Å². The van der Waals surface area contributed by atoms with Crippen molar-refractivity contribution in [2.75, 3.05) is 5.73 Å². The van der Waals surface area contributed by atoms with Crippen LogP contribution in [-0.2, 0) is 6.42 Å². The van der Waals surface area contributed by atoms with E-state index in [9.17, 15) is 0 Å². The third-order valence-electron chi connectivity index (χ3n) is 3.55. The molecule has 4 rings (SSSR count). The van der Waals surface area contributed by atoms with Crippen LogP contribution in [0, 0.1) is 0 Å². The first-order valence-corrected chi connectivity index (χ1v) is 6.68. The summed E-state index contributed by atoms with van der Waals surface area (Å²) in [6.45, 7) is 2.10. The zero-order valence-corrected chi connectivity index (χ0v) is 11.4. The van der Waals surface area contributed by atoms with Gasteiger partial charge in [-0.2, -0.15) is 0 Å². The summed E-state index contributed by atoms with van der Waals surface area (Å²) in [5.74, 6) is 0.959. The highest BCUT2D eigenvalue weighted by Crippen LogP contribution is 2.25. The second-order valence-electron chi connectivity index (χ2n) is 4.79. The van der Waals surface area contributed by atoms with Crippen molar-refractivity contribution in [3.63, 3.8) is 0 Å². The molecule has 7 nitrogen and oxygen atoms in total. The SMILES string of the molecule is CCc1cnc2ncc(-c3ccn4nc(N)ncc34)cn12.[HH]. The molecule has 0 bridgehead atoms. The van der Waals surface area contributed by atoms with E-state index in [1.54, 1.807) is 10.7 Å². The second-order valence-corrected chi connectivity index (χ2v) is 4.79. The van der Waals surface area contributed by atoms with E-state index < -0.39 is 0 Å². The predicted molar refractivity (Wildman–Crippen MR) is 80.9 cm³/mol. The number of fused-ring (bicyclic) bond motifs is 2. The quantitative estimate of drug-likeness (QED) is 0.605. The van der Waals surface area contributed by atoms with E-state index in [1.807, 2.05) is 35.3 Å². The smallest absolute Gasteiger partial charge is 0.238 e. The van der Waals surface area contributed by atoms with Crippen molar-refractivity contribution in [3.8, 4) is 11.1 Å². The van der Waals surface area contributed by atoms with Crippen LogP contribution >= 0.6 is 0 Å². The van der Waals surface area contributed by atoms with Gasteiger partial charge < -0.3 is 5.73 Å². The van der Waals surface area contributed by atoms with Crippen molar-refractivity contribution in [1.82, 2.24) is 29.0 Å². The zero-order chi connectivity index (χ0) is 14.4. The number of nitrogens with zero attached hydrogens (tertiary/aromatic N) is 6. The Kier molecular flexibility index (Phi) is 2.41. The van der Waals surface area contributed by atoms with Crippen molar-refractivity contribution in [3.05, 3.63) is 42.7 Å². The summed E-state index contributed by atoms with van der Waals surface area (Å²) in [6, 6.07) is 1.98. The molecular weight excluding hydrogens is 266 g/mol. The molecule has 0 aliphatic carbocycles. The maximum absolute atomic E-state index is 5.60. The molecule has 0 aliphatic rings. The molecule has 0 spiro atoms. The van der Waals surface area contributed by atoms with Gasteiger partial charge in [0.2, 0.25) is 11.7 Å². The number of aryl methyl sites for hydroxylation is 1. The molecule has 0 radical (unpaired) electrons. The van der Waals surface area contributed by atoms with Gasteiger partial charge in [-0.25, -0.2) is 19.5 Å². The van der Waals surface area contributed by atoms with E-state index in [2.05, 4.69) is 27.0 Å². The molecule has 0 atom stereocenters. The lowest BCUT2D eigenvalue weighted by molar-refractivity contribution is 0.917. The van der Waals surface area contributed by atoms with Crippen LogP contribution in [0.1, 0.15) is 14.0 Å². The summed E-state index contributed by atoms with van der Waals surface area (Å²) in [4.78, 5) is 12.8. The van der Waals surface area contributed by atoms with Gasteiger partial charge in [-0.3, -0.25) is 4.40 Å². The molecule has 0 saturated heterocycles. The van der Waals surface area contributed by atoms with E-state index in [1.165, 1.54) is 0 Å². The molecule has 4 aromatic rings. The fourth-order valence-corrected chi connectivity index (χ4v) is 2.48. The predicted octanol–water partition coefficient (Wildman–Crippen LogP) is 1.83. The molecule has 0 aromatic carbocycles. The maximum atomic E-state index is 5.60. The zero-order valence-electron chi connectivity index (χ0n) is 11.4. The Labute approximate surface area is 121 Å². The van der Waals surface area contributed by atoms with E-state index in [4.69, 9.17) is 5.73 Å². The van der Waals surface area contributed by atoms with Crippen molar-refractivity contribution >= 4 is 17.2 Å². The Morgan fingerprint density at radius 3 is 2.90 bits per heavy atom. The van der Waals surface area contributed by atoms with Crippen LogP contribution in [0.4, 0.5) is 5.95 Å². The molecule has 4 aromatic heterocycles. The number of aromatic nitrogens is 6. The monoisotopic (exact) mass is 281 g/mol. The standard InChI is InChI=1S/C14H13N7.H2/c1-2-10-6-18-14-17-5-9(8-20(10)14)11-3-4-21-12(11)7-16-13(15)19-21;/h3-8H,2H2,1H3,(H2,15,19);1H. The Hall–Kier alpha value is -2.96. The summed E-state index contributed by atoms with van der Waals surface area (Å²) in [5, 5.41) is 4.15. The van der Waals surface area contributed by atoms with Crippen LogP contribution in [0.15, 0.2) is 37.1 Å². The van der Waals surface area contributed by atoms with Crippen molar-refractivity contribution in [2.24, 2.45) is 0 Å². The molecule has 0 aliphatic heterocycles. The number of nitrogen functional groups attached to an aromatic ring is 1. The normalized spacial score (nSPS) is 11.5. The molecule has 0 fully saturated rings. The summed E-state index contributed by atoms with van der Waals surface area (Å²) in [6.07, 6.45) is 10.2. The number of hydrogen-bond donors (Lipinski definition) is 1. The molecule has 21 heavy (non-hydrogen) atoms. The topological polar surface area (TPSA) is 86.4 Å². The van der Waals surface area contributed by atoms with Gasteiger partial charge in [0, 0.05) is 36.8 Å². The lowest BCUT2D eigenvalue weighted by atomic mass is 10.1. The molecule has 0 amide bonds. The Bertz CT molecular complexity index is 956.